The second kappa shape index (κ2) is 3.77. The SMILES string of the molecule is CCC(O)(CN)c1ccccc1O. The lowest BCUT2D eigenvalue weighted by Gasteiger charge is -2.25. The maximum atomic E-state index is 10.00. The van der Waals surface area contributed by atoms with Crippen LogP contribution in [0.3, 0.4) is 0 Å². The molecule has 0 saturated heterocycles. The second-order valence-electron chi connectivity index (χ2n) is 3.11. The Labute approximate surface area is 77.8 Å². The maximum absolute atomic E-state index is 10.00. The van der Waals surface area contributed by atoms with Crippen molar-refractivity contribution in [3.63, 3.8) is 0 Å². The Bertz CT molecular complexity index is 282. The van der Waals surface area contributed by atoms with Gasteiger partial charge in [0, 0.05) is 12.1 Å². The number of phenols is 1. The van der Waals surface area contributed by atoms with Gasteiger partial charge in [0.15, 0.2) is 0 Å². The number of aliphatic hydroxyl groups is 1. The average Bonchev–Trinajstić information content (AvgIpc) is 2.17. The third-order valence-corrected chi connectivity index (χ3v) is 2.33. The molecule has 0 bridgehead atoms. The third-order valence-electron chi connectivity index (χ3n) is 2.33. The van der Waals surface area contributed by atoms with E-state index in [9.17, 15) is 10.2 Å². The van der Waals surface area contributed by atoms with Crippen molar-refractivity contribution in [2.75, 3.05) is 6.54 Å². The molecule has 1 atom stereocenters. The molecule has 3 heteroatoms. The number of hydrogen-bond acceptors (Lipinski definition) is 3. The molecule has 0 heterocycles. The molecule has 4 N–H and O–H groups in total. The first kappa shape index (κ1) is 10.0. The molecule has 1 aromatic rings. The van der Waals surface area contributed by atoms with Crippen LogP contribution in [0.4, 0.5) is 0 Å². The Morgan fingerprint density at radius 2 is 2.00 bits per heavy atom. The van der Waals surface area contributed by atoms with Crippen LogP contribution >= 0.6 is 0 Å². The molecule has 0 aliphatic heterocycles. The molecule has 0 spiro atoms. The van der Waals surface area contributed by atoms with Crippen LogP contribution in [0.5, 0.6) is 5.75 Å². The van der Waals surface area contributed by atoms with Crippen molar-refractivity contribution in [1.82, 2.24) is 0 Å². The zero-order chi connectivity index (χ0) is 9.90. The first-order valence-electron chi connectivity index (χ1n) is 4.35. The lowest BCUT2D eigenvalue weighted by molar-refractivity contribution is 0.0395. The fourth-order valence-corrected chi connectivity index (χ4v) is 1.31. The molecule has 13 heavy (non-hydrogen) atoms. The van der Waals surface area contributed by atoms with Crippen molar-refractivity contribution in [3.05, 3.63) is 29.8 Å². The fraction of sp³-hybridized carbons (Fsp3) is 0.400. The van der Waals surface area contributed by atoms with Crippen molar-refractivity contribution < 1.29 is 10.2 Å². The maximum Gasteiger partial charge on any atom is 0.121 e. The molecule has 0 aliphatic carbocycles. The monoisotopic (exact) mass is 181 g/mol. The van der Waals surface area contributed by atoms with Gasteiger partial charge in [-0.3, -0.25) is 0 Å². The van der Waals surface area contributed by atoms with Crippen LogP contribution in [-0.4, -0.2) is 16.8 Å². The minimum absolute atomic E-state index is 0.0947. The summed E-state index contributed by atoms with van der Waals surface area (Å²) in [6, 6.07) is 6.72. The summed E-state index contributed by atoms with van der Waals surface area (Å²) in [6.07, 6.45) is 0.487. The zero-order valence-corrected chi connectivity index (χ0v) is 7.70. The summed E-state index contributed by atoms with van der Waals surface area (Å²) in [5.41, 5.74) is 4.85. The van der Waals surface area contributed by atoms with Crippen molar-refractivity contribution in [1.29, 1.82) is 0 Å². The van der Waals surface area contributed by atoms with Crippen LogP contribution in [-0.2, 0) is 5.60 Å². The standard InChI is InChI=1S/C10H15NO2/c1-2-10(13,7-11)8-5-3-4-6-9(8)12/h3-6,12-13H,2,7,11H2,1H3. The Balaban J connectivity index is 3.12. The number of phenolic OH excluding ortho intramolecular Hbond substituents is 1. The number of rotatable bonds is 3. The van der Waals surface area contributed by atoms with Gasteiger partial charge in [0.25, 0.3) is 0 Å². The van der Waals surface area contributed by atoms with E-state index in [0.717, 1.165) is 0 Å². The van der Waals surface area contributed by atoms with Crippen molar-refractivity contribution in [2.24, 2.45) is 5.73 Å². The average molecular weight is 181 g/mol. The largest absolute Gasteiger partial charge is 0.508 e. The highest BCUT2D eigenvalue weighted by Crippen LogP contribution is 2.30. The number of para-hydroxylation sites is 1. The predicted molar refractivity (Wildman–Crippen MR) is 51.3 cm³/mol. The highest BCUT2D eigenvalue weighted by Gasteiger charge is 2.27. The quantitative estimate of drug-likeness (QED) is 0.650. The minimum atomic E-state index is -1.11. The number of nitrogens with two attached hydrogens (primary N) is 1. The molecule has 0 radical (unpaired) electrons. The van der Waals surface area contributed by atoms with E-state index < -0.39 is 5.60 Å². The lowest BCUT2D eigenvalue weighted by atomic mass is 9.90. The molecule has 1 rings (SSSR count). The molecule has 3 nitrogen and oxygen atoms in total. The molecular formula is C10H15NO2. The normalized spacial score (nSPS) is 15.3. The van der Waals surface area contributed by atoms with E-state index in [-0.39, 0.29) is 12.3 Å². The van der Waals surface area contributed by atoms with E-state index >= 15 is 0 Å². The third kappa shape index (κ3) is 1.82. The summed E-state index contributed by atoms with van der Waals surface area (Å²) in [5.74, 6) is 0.0947. The van der Waals surface area contributed by atoms with Crippen LogP contribution in [0.15, 0.2) is 24.3 Å². The highest BCUT2D eigenvalue weighted by atomic mass is 16.3. The number of hydrogen-bond donors (Lipinski definition) is 3. The molecule has 0 amide bonds. The van der Waals surface area contributed by atoms with Gasteiger partial charge in [-0.25, -0.2) is 0 Å². The second-order valence-corrected chi connectivity index (χ2v) is 3.11. The van der Waals surface area contributed by atoms with Gasteiger partial charge in [0.1, 0.15) is 11.4 Å². The molecular weight excluding hydrogens is 166 g/mol. The first-order valence-corrected chi connectivity index (χ1v) is 4.35. The smallest absolute Gasteiger partial charge is 0.121 e. The lowest BCUT2D eigenvalue weighted by Crippen LogP contribution is -2.34. The fourth-order valence-electron chi connectivity index (χ4n) is 1.31. The van der Waals surface area contributed by atoms with Crippen LogP contribution in [0.1, 0.15) is 18.9 Å². The van der Waals surface area contributed by atoms with E-state index in [1.165, 1.54) is 0 Å². The van der Waals surface area contributed by atoms with Gasteiger partial charge in [-0.05, 0) is 12.5 Å². The van der Waals surface area contributed by atoms with E-state index in [0.29, 0.717) is 12.0 Å². The van der Waals surface area contributed by atoms with Gasteiger partial charge in [0.2, 0.25) is 0 Å². The Morgan fingerprint density at radius 3 is 2.46 bits per heavy atom. The predicted octanol–water partition coefficient (Wildman–Crippen LogP) is 0.948. The van der Waals surface area contributed by atoms with Crippen LogP contribution in [0.25, 0.3) is 0 Å². The summed E-state index contributed by atoms with van der Waals surface area (Å²) in [6.45, 7) is 1.94. The van der Waals surface area contributed by atoms with Gasteiger partial charge < -0.3 is 15.9 Å². The zero-order valence-electron chi connectivity index (χ0n) is 7.70. The van der Waals surface area contributed by atoms with Crippen LogP contribution in [0, 0.1) is 0 Å². The van der Waals surface area contributed by atoms with Gasteiger partial charge >= 0.3 is 0 Å². The van der Waals surface area contributed by atoms with Crippen molar-refractivity contribution >= 4 is 0 Å². The summed E-state index contributed by atoms with van der Waals surface area (Å²) in [5, 5.41) is 19.5. The summed E-state index contributed by atoms with van der Waals surface area (Å²) < 4.78 is 0. The molecule has 0 saturated carbocycles. The molecule has 0 fully saturated rings. The molecule has 0 aromatic heterocycles. The minimum Gasteiger partial charge on any atom is -0.508 e. The summed E-state index contributed by atoms with van der Waals surface area (Å²) >= 11 is 0. The summed E-state index contributed by atoms with van der Waals surface area (Å²) in [7, 11) is 0. The molecule has 0 aliphatic rings. The van der Waals surface area contributed by atoms with E-state index in [4.69, 9.17) is 5.73 Å². The molecule has 1 aromatic carbocycles. The van der Waals surface area contributed by atoms with Gasteiger partial charge in [-0.1, -0.05) is 25.1 Å². The highest BCUT2D eigenvalue weighted by molar-refractivity contribution is 5.36. The van der Waals surface area contributed by atoms with E-state index in [1.807, 2.05) is 6.92 Å². The molecule has 1 unspecified atom stereocenters. The number of benzene rings is 1. The van der Waals surface area contributed by atoms with E-state index in [2.05, 4.69) is 0 Å². The van der Waals surface area contributed by atoms with Gasteiger partial charge in [-0.2, -0.15) is 0 Å². The van der Waals surface area contributed by atoms with Crippen LogP contribution < -0.4 is 5.73 Å². The van der Waals surface area contributed by atoms with E-state index in [1.54, 1.807) is 24.3 Å². The van der Waals surface area contributed by atoms with Gasteiger partial charge in [-0.15, -0.1) is 0 Å². The Hall–Kier alpha value is -1.06. The van der Waals surface area contributed by atoms with Gasteiger partial charge in [0.05, 0.1) is 0 Å². The first-order chi connectivity index (χ1) is 6.14. The van der Waals surface area contributed by atoms with Crippen molar-refractivity contribution in [2.45, 2.75) is 18.9 Å². The molecule has 72 valence electrons. The topological polar surface area (TPSA) is 66.5 Å². The van der Waals surface area contributed by atoms with Crippen molar-refractivity contribution in [3.8, 4) is 5.75 Å². The Morgan fingerprint density at radius 1 is 1.38 bits per heavy atom. The summed E-state index contributed by atoms with van der Waals surface area (Å²) in [4.78, 5) is 0. The Kier molecular flexibility index (Phi) is 2.90. The van der Waals surface area contributed by atoms with Crippen LogP contribution in [0.2, 0.25) is 0 Å². The number of aromatic hydroxyl groups is 1.